The van der Waals surface area contributed by atoms with Gasteiger partial charge in [0.15, 0.2) is 0 Å². The number of esters is 1. The van der Waals surface area contributed by atoms with Crippen LogP contribution in [0.4, 0.5) is 5.69 Å². The van der Waals surface area contributed by atoms with Crippen molar-refractivity contribution >= 4 is 43.5 Å². The molecule has 0 aliphatic carbocycles. The third-order valence-electron chi connectivity index (χ3n) is 3.21. The van der Waals surface area contributed by atoms with Gasteiger partial charge >= 0.3 is 5.97 Å². The van der Waals surface area contributed by atoms with Gasteiger partial charge in [0, 0.05) is 17.4 Å². The highest BCUT2D eigenvalue weighted by molar-refractivity contribution is 9.10. The Labute approximate surface area is 130 Å². The van der Waals surface area contributed by atoms with Crippen LogP contribution in [0.2, 0.25) is 0 Å². The van der Waals surface area contributed by atoms with Crippen molar-refractivity contribution in [3.05, 3.63) is 28.2 Å². The molecule has 21 heavy (non-hydrogen) atoms. The Morgan fingerprint density at radius 2 is 2.14 bits per heavy atom. The smallest absolute Gasteiger partial charge is 0.337 e. The molecule has 114 valence electrons. The lowest BCUT2D eigenvalue weighted by Crippen LogP contribution is -2.32. The average Bonchev–Trinajstić information content (AvgIpc) is 2.80. The monoisotopic (exact) mass is 376 g/mol. The first-order valence-electron chi connectivity index (χ1n) is 5.94. The van der Waals surface area contributed by atoms with Gasteiger partial charge in [0.25, 0.3) is 0 Å². The van der Waals surface area contributed by atoms with E-state index in [1.165, 1.54) is 24.1 Å². The predicted octanol–water partition coefficient (Wildman–Crippen LogP) is 0.629. The van der Waals surface area contributed by atoms with Crippen molar-refractivity contribution in [3.8, 4) is 0 Å². The van der Waals surface area contributed by atoms with E-state index in [-0.39, 0.29) is 24.4 Å². The van der Waals surface area contributed by atoms with Crippen LogP contribution in [-0.2, 0) is 19.6 Å². The molecular formula is C12H13BrN2O5S. The van der Waals surface area contributed by atoms with E-state index in [2.05, 4.69) is 20.7 Å². The van der Waals surface area contributed by atoms with E-state index < -0.39 is 21.2 Å². The lowest BCUT2D eigenvalue weighted by atomic mass is 10.2. The van der Waals surface area contributed by atoms with Gasteiger partial charge in [0.1, 0.15) is 5.25 Å². The molecule has 1 unspecified atom stereocenters. The van der Waals surface area contributed by atoms with Crippen molar-refractivity contribution in [2.75, 3.05) is 18.6 Å². The van der Waals surface area contributed by atoms with E-state index in [0.29, 0.717) is 10.2 Å². The van der Waals surface area contributed by atoms with Gasteiger partial charge in [-0.3, -0.25) is 4.79 Å². The van der Waals surface area contributed by atoms with Crippen LogP contribution in [0.5, 0.6) is 0 Å². The summed E-state index contributed by atoms with van der Waals surface area (Å²) in [5, 5.41) is 4.14. The Balaban J connectivity index is 2.38. The molecule has 1 atom stereocenters. The maximum Gasteiger partial charge on any atom is 0.337 e. The first kappa shape index (κ1) is 15.9. The SMILES string of the molecule is COC(=O)c1ccc(Br)c(N2CC(S(N)(=O)=O)CC2=O)c1. The lowest BCUT2D eigenvalue weighted by molar-refractivity contribution is -0.117. The summed E-state index contributed by atoms with van der Waals surface area (Å²) in [6, 6.07) is 4.61. The number of halogens is 1. The summed E-state index contributed by atoms with van der Waals surface area (Å²) in [7, 11) is -2.54. The second kappa shape index (κ2) is 5.74. The van der Waals surface area contributed by atoms with Gasteiger partial charge < -0.3 is 9.64 Å². The van der Waals surface area contributed by atoms with Crippen LogP contribution in [0, 0.1) is 0 Å². The number of hydrogen-bond acceptors (Lipinski definition) is 5. The normalized spacial score (nSPS) is 18.9. The van der Waals surface area contributed by atoms with Crippen molar-refractivity contribution < 1.29 is 22.7 Å². The summed E-state index contributed by atoms with van der Waals surface area (Å²) in [5.74, 6) is -0.907. The number of benzene rings is 1. The number of methoxy groups -OCH3 is 1. The van der Waals surface area contributed by atoms with E-state index >= 15 is 0 Å². The van der Waals surface area contributed by atoms with Gasteiger partial charge in [0.2, 0.25) is 15.9 Å². The van der Waals surface area contributed by atoms with Crippen LogP contribution >= 0.6 is 15.9 Å². The van der Waals surface area contributed by atoms with E-state index in [1.807, 2.05) is 0 Å². The molecule has 1 saturated heterocycles. The second-order valence-corrected chi connectivity index (χ2v) is 7.28. The predicted molar refractivity (Wildman–Crippen MR) is 79.3 cm³/mol. The molecule has 7 nitrogen and oxygen atoms in total. The number of ether oxygens (including phenoxy) is 1. The quantitative estimate of drug-likeness (QED) is 0.778. The number of carbonyl (C=O) groups is 2. The number of hydrogen-bond donors (Lipinski definition) is 1. The molecule has 0 spiro atoms. The molecule has 0 radical (unpaired) electrons. The van der Waals surface area contributed by atoms with E-state index in [1.54, 1.807) is 6.07 Å². The fourth-order valence-corrected chi connectivity index (χ4v) is 3.28. The third kappa shape index (κ3) is 3.25. The van der Waals surface area contributed by atoms with E-state index in [0.717, 1.165) is 0 Å². The molecular weight excluding hydrogens is 364 g/mol. The number of nitrogens with zero attached hydrogens (tertiary/aromatic N) is 1. The molecule has 1 aromatic carbocycles. The average molecular weight is 377 g/mol. The van der Waals surface area contributed by atoms with Gasteiger partial charge in [-0.2, -0.15) is 0 Å². The molecule has 1 heterocycles. The largest absolute Gasteiger partial charge is 0.465 e. The molecule has 2 N–H and O–H groups in total. The molecule has 0 saturated carbocycles. The van der Waals surface area contributed by atoms with Crippen molar-refractivity contribution in [2.45, 2.75) is 11.7 Å². The minimum absolute atomic E-state index is 0.0408. The van der Waals surface area contributed by atoms with Crippen LogP contribution in [-0.4, -0.2) is 39.2 Å². The number of anilines is 1. The number of sulfonamides is 1. The van der Waals surface area contributed by atoms with E-state index in [4.69, 9.17) is 5.14 Å². The number of carbonyl (C=O) groups excluding carboxylic acids is 2. The highest BCUT2D eigenvalue weighted by atomic mass is 79.9. The Morgan fingerprint density at radius 3 is 2.67 bits per heavy atom. The number of amides is 1. The summed E-state index contributed by atoms with van der Waals surface area (Å²) in [6.07, 6.45) is -0.173. The van der Waals surface area contributed by atoms with E-state index in [9.17, 15) is 18.0 Å². The standard InChI is InChI=1S/C12H13BrN2O5S/c1-20-12(17)7-2-3-9(13)10(4-7)15-6-8(5-11(15)16)21(14,18)19/h2-4,8H,5-6H2,1H3,(H2,14,18,19). The summed E-state index contributed by atoms with van der Waals surface area (Å²) in [6.45, 7) is -0.0408. The number of rotatable bonds is 3. The highest BCUT2D eigenvalue weighted by Crippen LogP contribution is 2.32. The molecule has 1 aliphatic heterocycles. The maximum absolute atomic E-state index is 12.0. The zero-order valence-electron chi connectivity index (χ0n) is 11.1. The molecule has 1 aliphatic rings. The molecule has 9 heteroatoms. The van der Waals surface area contributed by atoms with Crippen LogP contribution < -0.4 is 10.0 Å². The van der Waals surface area contributed by atoms with Gasteiger partial charge in [0.05, 0.1) is 18.4 Å². The van der Waals surface area contributed by atoms with Crippen LogP contribution in [0.3, 0.4) is 0 Å². The molecule has 0 bridgehead atoms. The molecule has 1 fully saturated rings. The first-order valence-corrected chi connectivity index (χ1v) is 8.34. The summed E-state index contributed by atoms with van der Waals surface area (Å²) < 4.78 is 27.9. The minimum atomic E-state index is -3.79. The topological polar surface area (TPSA) is 107 Å². The summed E-state index contributed by atoms with van der Waals surface area (Å²) >= 11 is 3.28. The van der Waals surface area contributed by atoms with Gasteiger partial charge in [-0.25, -0.2) is 18.4 Å². The van der Waals surface area contributed by atoms with Crippen LogP contribution in [0.25, 0.3) is 0 Å². The van der Waals surface area contributed by atoms with Crippen molar-refractivity contribution in [3.63, 3.8) is 0 Å². The summed E-state index contributed by atoms with van der Waals surface area (Å²) in [4.78, 5) is 24.8. The van der Waals surface area contributed by atoms with Gasteiger partial charge in [-0.15, -0.1) is 0 Å². The van der Waals surface area contributed by atoms with Gasteiger partial charge in [-0.05, 0) is 34.1 Å². The number of primary sulfonamides is 1. The van der Waals surface area contributed by atoms with Gasteiger partial charge in [-0.1, -0.05) is 0 Å². The Kier molecular flexibility index (Phi) is 4.35. The molecule has 1 aromatic rings. The van der Waals surface area contributed by atoms with Crippen molar-refractivity contribution in [1.82, 2.24) is 0 Å². The zero-order chi connectivity index (χ0) is 15.8. The Bertz CT molecular complexity index is 704. The van der Waals surface area contributed by atoms with Crippen LogP contribution in [0.15, 0.2) is 22.7 Å². The first-order chi connectivity index (χ1) is 9.74. The second-order valence-electron chi connectivity index (χ2n) is 4.58. The third-order valence-corrected chi connectivity index (χ3v) is 5.13. The fraction of sp³-hybridized carbons (Fsp3) is 0.333. The van der Waals surface area contributed by atoms with Crippen molar-refractivity contribution in [1.29, 1.82) is 0 Å². The lowest BCUT2D eigenvalue weighted by Gasteiger charge is -2.18. The Hall–Kier alpha value is -1.45. The number of nitrogens with two attached hydrogens (primary N) is 1. The molecule has 2 rings (SSSR count). The zero-order valence-corrected chi connectivity index (χ0v) is 13.5. The Morgan fingerprint density at radius 1 is 1.48 bits per heavy atom. The highest BCUT2D eigenvalue weighted by Gasteiger charge is 2.38. The molecule has 1 amide bonds. The summed E-state index contributed by atoms with van der Waals surface area (Å²) in [5.41, 5.74) is 0.677. The maximum atomic E-state index is 12.0. The minimum Gasteiger partial charge on any atom is -0.465 e. The molecule has 0 aromatic heterocycles. The fourth-order valence-electron chi connectivity index (χ4n) is 2.09. The van der Waals surface area contributed by atoms with Crippen LogP contribution in [0.1, 0.15) is 16.8 Å². The van der Waals surface area contributed by atoms with Crippen molar-refractivity contribution in [2.24, 2.45) is 5.14 Å².